The van der Waals surface area contributed by atoms with E-state index in [0.717, 1.165) is 14.7 Å². The number of nitrogens with zero attached hydrogens (tertiary/aromatic N) is 4. The molecule has 4 aromatic rings. The molecule has 1 aromatic carbocycles. The highest BCUT2D eigenvalue weighted by Crippen LogP contribution is 2.28. The van der Waals surface area contributed by atoms with Crippen LogP contribution in [0.15, 0.2) is 83.1 Å². The van der Waals surface area contributed by atoms with Gasteiger partial charge in [-0.3, -0.25) is 14.7 Å². The van der Waals surface area contributed by atoms with Crippen LogP contribution in [0.4, 0.5) is 5.82 Å². The maximum absolute atomic E-state index is 13.0. The van der Waals surface area contributed by atoms with Crippen molar-refractivity contribution in [2.75, 3.05) is 4.72 Å². The Hall–Kier alpha value is -2.76. The van der Waals surface area contributed by atoms with E-state index < -0.39 is 10.0 Å². The van der Waals surface area contributed by atoms with Crippen LogP contribution in [0.5, 0.6) is 0 Å². The third kappa shape index (κ3) is 4.69. The molecule has 0 saturated carbocycles. The van der Waals surface area contributed by atoms with Crippen LogP contribution in [0.3, 0.4) is 0 Å². The number of aliphatic imine (C=N–C) groups is 1. The lowest BCUT2D eigenvalue weighted by Crippen LogP contribution is -2.15. The minimum absolute atomic E-state index is 0.132. The maximum atomic E-state index is 13.0. The van der Waals surface area contributed by atoms with Crippen LogP contribution in [0, 0.1) is 0 Å². The van der Waals surface area contributed by atoms with Crippen LogP contribution in [0.2, 0.25) is 5.02 Å². The normalized spacial score (nSPS) is 12.5. The number of halogens is 2. The second kappa shape index (κ2) is 9.39. The van der Waals surface area contributed by atoms with Crippen molar-refractivity contribution in [1.82, 2.24) is 14.6 Å². The van der Waals surface area contributed by atoms with Crippen LogP contribution >= 0.6 is 34.2 Å². The molecule has 0 unspecified atom stereocenters. The first-order valence-electron chi connectivity index (χ1n) is 9.44. The highest BCUT2D eigenvalue weighted by Gasteiger charge is 2.18. The van der Waals surface area contributed by atoms with Crippen molar-refractivity contribution in [3.63, 3.8) is 0 Å². The molecule has 0 radical (unpaired) electrons. The molecule has 10 heteroatoms. The SMILES string of the molecule is CC=N/C=C(\I)c1ccc(S(=O)(=O)Nc2ccc(Cl)c3cc(-c4cccnc4)nn23)cc1. The molecular weight excluding hydrogens is 561 g/mol. The smallest absolute Gasteiger partial charge is 0.263 e. The van der Waals surface area contributed by atoms with E-state index in [1.165, 1.54) is 4.52 Å². The summed E-state index contributed by atoms with van der Waals surface area (Å²) in [6.45, 7) is 1.83. The molecule has 32 heavy (non-hydrogen) atoms. The standard InChI is InChI=1S/C22H17ClIN5O2S/c1-2-25-14-19(24)15-5-7-17(8-6-15)32(30,31)28-22-10-9-18(23)21-12-20(27-29(21)22)16-4-3-11-26-13-16/h2-14,28H,1H3/b19-14-,25-2?. The van der Waals surface area contributed by atoms with E-state index in [1.807, 2.05) is 13.0 Å². The Morgan fingerprint density at radius 3 is 2.66 bits per heavy atom. The third-order valence-corrected chi connectivity index (χ3v) is 7.13. The number of rotatable bonds is 6. The van der Waals surface area contributed by atoms with Crippen molar-refractivity contribution in [1.29, 1.82) is 0 Å². The quantitative estimate of drug-likeness (QED) is 0.236. The number of hydrogen-bond acceptors (Lipinski definition) is 5. The van der Waals surface area contributed by atoms with Gasteiger partial charge in [-0.1, -0.05) is 23.7 Å². The average molecular weight is 578 g/mol. The van der Waals surface area contributed by atoms with Gasteiger partial charge in [0.05, 0.1) is 21.1 Å². The molecule has 0 amide bonds. The minimum Gasteiger partial charge on any atom is -0.268 e. The van der Waals surface area contributed by atoms with Crippen LogP contribution in [0.25, 0.3) is 20.4 Å². The van der Waals surface area contributed by atoms with E-state index in [1.54, 1.807) is 73.3 Å². The lowest BCUT2D eigenvalue weighted by atomic mass is 10.2. The van der Waals surface area contributed by atoms with Gasteiger partial charge in [-0.2, -0.15) is 5.10 Å². The predicted molar refractivity (Wildman–Crippen MR) is 137 cm³/mol. The van der Waals surface area contributed by atoms with Gasteiger partial charge in [0, 0.05) is 34.0 Å². The summed E-state index contributed by atoms with van der Waals surface area (Å²) >= 11 is 8.49. The number of benzene rings is 1. The van der Waals surface area contributed by atoms with Crippen LogP contribution in [-0.4, -0.2) is 29.2 Å². The minimum atomic E-state index is -3.85. The molecule has 162 valence electrons. The summed E-state index contributed by atoms with van der Waals surface area (Å²) in [4.78, 5) is 8.32. The van der Waals surface area contributed by atoms with E-state index in [2.05, 4.69) is 42.4 Å². The second-order valence-corrected chi connectivity index (χ2v) is 9.90. The van der Waals surface area contributed by atoms with Crippen molar-refractivity contribution >= 4 is 65.3 Å². The molecule has 7 nitrogen and oxygen atoms in total. The molecule has 4 rings (SSSR count). The van der Waals surface area contributed by atoms with E-state index >= 15 is 0 Å². The maximum Gasteiger partial charge on any atom is 0.263 e. The summed E-state index contributed by atoms with van der Waals surface area (Å²) in [7, 11) is -3.85. The van der Waals surface area contributed by atoms with Gasteiger partial charge in [0.2, 0.25) is 0 Å². The fraction of sp³-hybridized carbons (Fsp3) is 0.0455. The zero-order chi connectivity index (χ0) is 22.7. The Bertz CT molecular complexity index is 1430. The Morgan fingerprint density at radius 1 is 1.19 bits per heavy atom. The topological polar surface area (TPSA) is 88.7 Å². The fourth-order valence-corrected chi connectivity index (χ4v) is 4.74. The van der Waals surface area contributed by atoms with Gasteiger partial charge in [0.25, 0.3) is 10.0 Å². The van der Waals surface area contributed by atoms with Crippen molar-refractivity contribution in [2.24, 2.45) is 4.99 Å². The first kappa shape index (κ1) is 22.4. The summed E-state index contributed by atoms with van der Waals surface area (Å²) in [5.74, 6) is 0.273. The summed E-state index contributed by atoms with van der Waals surface area (Å²) in [6.07, 6.45) is 6.75. The first-order chi connectivity index (χ1) is 15.4. The lowest BCUT2D eigenvalue weighted by molar-refractivity contribution is 0.601. The van der Waals surface area contributed by atoms with Crippen LogP contribution in [0.1, 0.15) is 12.5 Å². The zero-order valence-electron chi connectivity index (χ0n) is 16.8. The van der Waals surface area contributed by atoms with Gasteiger partial charge in [0.15, 0.2) is 0 Å². The summed E-state index contributed by atoms with van der Waals surface area (Å²) in [5.41, 5.74) is 2.88. The number of nitrogens with one attached hydrogen (secondary N) is 1. The van der Waals surface area contributed by atoms with Gasteiger partial charge in [-0.25, -0.2) is 12.9 Å². The van der Waals surface area contributed by atoms with Crippen LogP contribution < -0.4 is 4.72 Å². The molecule has 3 aromatic heterocycles. The molecule has 1 N–H and O–H groups in total. The first-order valence-corrected chi connectivity index (χ1v) is 12.4. The Morgan fingerprint density at radius 2 is 1.97 bits per heavy atom. The molecule has 0 fully saturated rings. The average Bonchev–Trinajstić information content (AvgIpc) is 3.27. The third-order valence-electron chi connectivity index (χ3n) is 4.54. The number of fused-ring (bicyclic) bond motifs is 1. The monoisotopic (exact) mass is 577 g/mol. The molecule has 3 heterocycles. The number of hydrogen-bond donors (Lipinski definition) is 1. The molecule has 0 aliphatic heterocycles. The summed E-state index contributed by atoms with van der Waals surface area (Å²) < 4.78 is 31.0. The summed E-state index contributed by atoms with van der Waals surface area (Å²) in [5, 5.41) is 4.99. The molecular formula is C22H17ClIN5O2S. The Kier molecular flexibility index (Phi) is 6.58. The molecule has 0 saturated heterocycles. The van der Waals surface area contributed by atoms with E-state index in [-0.39, 0.29) is 10.7 Å². The molecule has 0 spiro atoms. The largest absolute Gasteiger partial charge is 0.268 e. The number of sulfonamides is 1. The van der Waals surface area contributed by atoms with Gasteiger partial charge in [-0.05, 0) is 77.5 Å². The molecule has 0 bridgehead atoms. The highest BCUT2D eigenvalue weighted by atomic mass is 127. The molecule has 0 aliphatic carbocycles. The van der Waals surface area contributed by atoms with Crippen molar-refractivity contribution in [3.05, 3.63) is 83.8 Å². The van der Waals surface area contributed by atoms with E-state index in [4.69, 9.17) is 11.6 Å². The van der Waals surface area contributed by atoms with E-state index in [0.29, 0.717) is 16.2 Å². The lowest BCUT2D eigenvalue weighted by Gasteiger charge is -2.11. The highest BCUT2D eigenvalue weighted by molar-refractivity contribution is 14.1. The number of pyridine rings is 2. The molecule has 0 atom stereocenters. The van der Waals surface area contributed by atoms with Gasteiger partial charge in [0.1, 0.15) is 5.82 Å². The van der Waals surface area contributed by atoms with Gasteiger partial charge >= 0.3 is 0 Å². The second-order valence-electron chi connectivity index (χ2n) is 6.65. The van der Waals surface area contributed by atoms with Gasteiger partial charge in [-0.15, -0.1) is 0 Å². The summed E-state index contributed by atoms with van der Waals surface area (Å²) in [6, 6.07) is 15.3. The predicted octanol–water partition coefficient (Wildman–Crippen LogP) is 5.67. The van der Waals surface area contributed by atoms with Crippen molar-refractivity contribution < 1.29 is 8.42 Å². The molecule has 0 aliphatic rings. The van der Waals surface area contributed by atoms with Crippen molar-refractivity contribution in [3.8, 4) is 11.3 Å². The number of anilines is 1. The Labute approximate surface area is 204 Å². The fourth-order valence-electron chi connectivity index (χ4n) is 2.98. The Balaban J connectivity index is 1.68. The van der Waals surface area contributed by atoms with Gasteiger partial charge < -0.3 is 0 Å². The van der Waals surface area contributed by atoms with E-state index in [9.17, 15) is 8.42 Å². The van der Waals surface area contributed by atoms with Crippen LogP contribution in [-0.2, 0) is 10.0 Å². The van der Waals surface area contributed by atoms with Crippen molar-refractivity contribution in [2.45, 2.75) is 11.8 Å². The number of aromatic nitrogens is 3. The zero-order valence-corrected chi connectivity index (χ0v) is 20.5.